The maximum Gasteiger partial charge on any atom is 0.190 e. The van der Waals surface area contributed by atoms with Crippen LogP contribution in [-0.2, 0) is 6.54 Å². The number of hydrogen-bond donors (Lipinski definition) is 0. The van der Waals surface area contributed by atoms with E-state index in [4.69, 9.17) is 11.6 Å². The zero-order valence-electron chi connectivity index (χ0n) is 10.3. The molecule has 0 aliphatic carbocycles. The first-order valence-electron chi connectivity index (χ1n) is 5.59. The quantitative estimate of drug-likeness (QED) is 0.475. The molecule has 0 spiro atoms. The summed E-state index contributed by atoms with van der Waals surface area (Å²) in [6.07, 6.45) is 1.95. The number of thioether (sulfide) groups is 1. The Kier molecular flexibility index (Phi) is 4.86. The van der Waals surface area contributed by atoms with Gasteiger partial charge in [-0.05, 0) is 24.6 Å². The fraction of sp³-hybridized carbons (Fsp3) is 0.333. The maximum absolute atomic E-state index is 6.02. The molecule has 0 aromatic carbocycles. The predicted octanol–water partition coefficient (Wildman–Crippen LogP) is 3.94. The Morgan fingerprint density at radius 1 is 1.44 bits per heavy atom. The molecule has 0 N–H and O–H groups in total. The van der Waals surface area contributed by atoms with Crippen molar-refractivity contribution in [2.24, 2.45) is 0 Å². The highest BCUT2D eigenvalue weighted by molar-refractivity contribution is 7.98. The molecule has 0 fully saturated rings. The molecule has 0 unspecified atom stereocenters. The molecule has 0 saturated heterocycles. The van der Waals surface area contributed by atoms with E-state index in [1.54, 1.807) is 11.3 Å². The van der Waals surface area contributed by atoms with Gasteiger partial charge in [0, 0.05) is 17.5 Å². The number of hydrogen-bond acceptors (Lipinski definition) is 5. The minimum Gasteiger partial charge on any atom is -0.352 e. The molecule has 2 heterocycles. The van der Waals surface area contributed by atoms with Crippen LogP contribution in [0.1, 0.15) is 11.8 Å². The number of thiophene rings is 1. The zero-order chi connectivity index (χ0) is 13.0. The van der Waals surface area contributed by atoms with Crippen LogP contribution in [0.5, 0.6) is 0 Å². The fourth-order valence-electron chi connectivity index (χ4n) is 1.58. The molecule has 2 aromatic rings. The Morgan fingerprint density at radius 3 is 2.89 bits per heavy atom. The summed E-state index contributed by atoms with van der Waals surface area (Å²) in [5.41, 5.74) is 0. The van der Waals surface area contributed by atoms with Crippen LogP contribution in [0.4, 0.5) is 5.82 Å². The third-order valence-electron chi connectivity index (χ3n) is 2.48. The van der Waals surface area contributed by atoms with Gasteiger partial charge in [-0.15, -0.1) is 11.3 Å². The summed E-state index contributed by atoms with van der Waals surface area (Å²) < 4.78 is 0. The normalized spacial score (nSPS) is 10.6. The van der Waals surface area contributed by atoms with Crippen LogP contribution in [0, 0.1) is 0 Å². The van der Waals surface area contributed by atoms with Crippen molar-refractivity contribution in [1.82, 2.24) is 9.97 Å². The minimum absolute atomic E-state index is 0.494. The van der Waals surface area contributed by atoms with Crippen molar-refractivity contribution in [1.29, 1.82) is 0 Å². The van der Waals surface area contributed by atoms with Gasteiger partial charge in [-0.1, -0.05) is 29.4 Å². The van der Waals surface area contributed by atoms with Crippen LogP contribution in [0.25, 0.3) is 0 Å². The van der Waals surface area contributed by atoms with Gasteiger partial charge in [0.2, 0.25) is 0 Å². The van der Waals surface area contributed by atoms with Crippen molar-refractivity contribution in [2.45, 2.75) is 18.6 Å². The second-order valence-corrected chi connectivity index (χ2v) is 5.82. The standard InChI is InChI=1S/C12H14ClN3S2/c1-3-16(8-9-5-4-6-18-9)11-7-10(13)14-12(15-11)17-2/h4-7H,3,8H2,1-2H3. The van der Waals surface area contributed by atoms with Gasteiger partial charge in [0.15, 0.2) is 5.16 Å². The summed E-state index contributed by atoms with van der Waals surface area (Å²) in [4.78, 5) is 12.2. The molecule has 0 amide bonds. The van der Waals surface area contributed by atoms with Gasteiger partial charge < -0.3 is 4.90 Å². The van der Waals surface area contributed by atoms with Gasteiger partial charge in [-0.3, -0.25) is 0 Å². The summed E-state index contributed by atoms with van der Waals surface area (Å²) in [6.45, 7) is 3.86. The predicted molar refractivity (Wildman–Crippen MR) is 79.9 cm³/mol. The monoisotopic (exact) mass is 299 g/mol. The zero-order valence-corrected chi connectivity index (χ0v) is 12.6. The Hall–Kier alpha value is -0.780. The Labute approximate surface area is 120 Å². The number of halogens is 1. The lowest BCUT2D eigenvalue weighted by Crippen LogP contribution is -2.22. The lowest BCUT2D eigenvalue weighted by Gasteiger charge is -2.21. The molecule has 0 saturated carbocycles. The van der Waals surface area contributed by atoms with E-state index in [1.165, 1.54) is 16.6 Å². The van der Waals surface area contributed by atoms with Crippen molar-refractivity contribution < 1.29 is 0 Å². The molecule has 0 atom stereocenters. The molecule has 0 aliphatic rings. The Balaban J connectivity index is 2.24. The van der Waals surface area contributed by atoms with E-state index in [2.05, 4.69) is 39.3 Å². The number of aromatic nitrogens is 2. The van der Waals surface area contributed by atoms with Crippen molar-refractivity contribution in [3.8, 4) is 0 Å². The molecule has 2 rings (SSSR count). The molecule has 0 radical (unpaired) electrons. The molecule has 2 aromatic heterocycles. The van der Waals surface area contributed by atoms with Crippen LogP contribution >= 0.6 is 34.7 Å². The molecular formula is C12H14ClN3S2. The van der Waals surface area contributed by atoms with E-state index < -0.39 is 0 Å². The number of nitrogens with zero attached hydrogens (tertiary/aromatic N) is 3. The van der Waals surface area contributed by atoms with E-state index in [1.807, 2.05) is 12.3 Å². The lowest BCUT2D eigenvalue weighted by atomic mass is 10.4. The molecule has 3 nitrogen and oxygen atoms in total. The highest BCUT2D eigenvalue weighted by atomic mass is 35.5. The molecule has 6 heteroatoms. The van der Waals surface area contributed by atoms with E-state index >= 15 is 0 Å². The van der Waals surface area contributed by atoms with Gasteiger partial charge in [0.1, 0.15) is 11.0 Å². The maximum atomic E-state index is 6.02. The molecule has 0 aliphatic heterocycles. The van der Waals surface area contributed by atoms with Crippen molar-refractivity contribution in [3.05, 3.63) is 33.6 Å². The summed E-state index contributed by atoms with van der Waals surface area (Å²) in [7, 11) is 0. The third kappa shape index (κ3) is 3.37. The first-order chi connectivity index (χ1) is 8.72. The van der Waals surface area contributed by atoms with Crippen molar-refractivity contribution in [3.63, 3.8) is 0 Å². The smallest absolute Gasteiger partial charge is 0.190 e. The van der Waals surface area contributed by atoms with Gasteiger partial charge in [0.05, 0.1) is 6.54 Å². The summed E-state index contributed by atoms with van der Waals surface area (Å²) >= 11 is 9.28. The van der Waals surface area contributed by atoms with E-state index in [0.717, 1.165) is 18.9 Å². The van der Waals surface area contributed by atoms with Gasteiger partial charge in [0.25, 0.3) is 0 Å². The van der Waals surface area contributed by atoms with Gasteiger partial charge in [-0.25, -0.2) is 9.97 Å². The highest BCUT2D eigenvalue weighted by Gasteiger charge is 2.10. The first-order valence-corrected chi connectivity index (χ1v) is 8.07. The minimum atomic E-state index is 0.494. The van der Waals surface area contributed by atoms with Gasteiger partial charge >= 0.3 is 0 Å². The molecule has 0 bridgehead atoms. The van der Waals surface area contributed by atoms with Gasteiger partial charge in [-0.2, -0.15) is 0 Å². The summed E-state index contributed by atoms with van der Waals surface area (Å²) in [5.74, 6) is 0.884. The molecular weight excluding hydrogens is 286 g/mol. The van der Waals surface area contributed by atoms with Crippen molar-refractivity contribution in [2.75, 3.05) is 17.7 Å². The highest BCUT2D eigenvalue weighted by Crippen LogP contribution is 2.22. The molecule has 96 valence electrons. The van der Waals surface area contributed by atoms with Crippen LogP contribution in [0.15, 0.2) is 28.7 Å². The van der Waals surface area contributed by atoms with E-state index in [-0.39, 0.29) is 0 Å². The SMILES string of the molecule is CCN(Cc1cccs1)c1cc(Cl)nc(SC)n1. The Morgan fingerprint density at radius 2 is 2.28 bits per heavy atom. The van der Waals surface area contributed by atoms with Crippen LogP contribution in [-0.4, -0.2) is 22.8 Å². The molecule has 18 heavy (non-hydrogen) atoms. The topological polar surface area (TPSA) is 29.0 Å². The first kappa shape index (κ1) is 13.6. The largest absolute Gasteiger partial charge is 0.352 e. The second kappa shape index (κ2) is 6.41. The van der Waals surface area contributed by atoms with E-state index in [9.17, 15) is 0 Å². The second-order valence-electron chi connectivity index (χ2n) is 3.63. The van der Waals surface area contributed by atoms with Crippen LogP contribution < -0.4 is 4.90 Å². The van der Waals surface area contributed by atoms with E-state index in [0.29, 0.717) is 10.3 Å². The lowest BCUT2D eigenvalue weighted by molar-refractivity contribution is 0.800. The van der Waals surface area contributed by atoms with Crippen LogP contribution in [0.3, 0.4) is 0 Å². The Bertz CT molecular complexity index is 502. The van der Waals surface area contributed by atoms with Crippen molar-refractivity contribution >= 4 is 40.5 Å². The number of rotatable bonds is 5. The average Bonchev–Trinajstić information content (AvgIpc) is 2.88. The van der Waals surface area contributed by atoms with Crippen LogP contribution in [0.2, 0.25) is 5.15 Å². The summed E-state index contributed by atoms with van der Waals surface area (Å²) in [5, 5.41) is 3.29. The number of anilines is 1. The average molecular weight is 300 g/mol. The third-order valence-corrected chi connectivity index (χ3v) is 4.08. The fourth-order valence-corrected chi connectivity index (χ4v) is 2.91. The summed E-state index contributed by atoms with van der Waals surface area (Å²) in [6, 6.07) is 6.01.